The van der Waals surface area contributed by atoms with Gasteiger partial charge in [-0.3, -0.25) is 0 Å². The van der Waals surface area contributed by atoms with Crippen molar-refractivity contribution in [1.82, 2.24) is 9.97 Å². The second-order valence-corrected chi connectivity index (χ2v) is 4.89. The van der Waals surface area contributed by atoms with Gasteiger partial charge in [0.2, 0.25) is 0 Å². The Morgan fingerprint density at radius 3 is 2.29 bits per heavy atom. The summed E-state index contributed by atoms with van der Waals surface area (Å²) in [6, 6.07) is 0. The number of aromatic nitrogens is 2. The molecule has 0 aromatic carbocycles. The van der Waals surface area contributed by atoms with E-state index < -0.39 is 5.97 Å². The molecule has 0 saturated carbocycles. The number of ether oxygens (including phenoxy) is 2. The zero-order chi connectivity index (χ0) is 15.8. The first-order chi connectivity index (χ1) is 10.0. The minimum absolute atomic E-state index is 0.0147. The summed E-state index contributed by atoms with van der Waals surface area (Å²) >= 11 is 0. The first-order valence-electron chi connectivity index (χ1n) is 6.84. The lowest BCUT2D eigenvalue weighted by molar-refractivity contribution is 0.0690. The van der Waals surface area contributed by atoms with Crippen LogP contribution in [-0.4, -0.2) is 61.6 Å². The van der Waals surface area contributed by atoms with E-state index in [1.54, 1.807) is 20.4 Å². The van der Waals surface area contributed by atoms with Crippen molar-refractivity contribution in [2.24, 2.45) is 0 Å². The van der Waals surface area contributed by atoms with Gasteiger partial charge in [0.1, 0.15) is 5.82 Å². The maximum atomic E-state index is 11.5. The standard InChI is InChI=1S/C14H23N3O4/c1-10(2)13-15-9-11(12(16-13)14(18)19)17(5-7-20-3)6-8-21-4/h9-10H,5-8H2,1-4H3,(H,18,19). The zero-order valence-electron chi connectivity index (χ0n) is 13.0. The molecule has 21 heavy (non-hydrogen) atoms. The van der Waals surface area contributed by atoms with Crippen LogP contribution in [0.3, 0.4) is 0 Å². The van der Waals surface area contributed by atoms with Gasteiger partial charge in [0.05, 0.1) is 25.1 Å². The lowest BCUT2D eigenvalue weighted by Gasteiger charge is -2.25. The summed E-state index contributed by atoms with van der Waals surface area (Å²) in [5.74, 6) is -0.465. The number of nitrogens with zero attached hydrogens (tertiary/aromatic N) is 3. The lowest BCUT2D eigenvalue weighted by Crippen LogP contribution is -2.32. The van der Waals surface area contributed by atoms with Crippen molar-refractivity contribution in [3.8, 4) is 0 Å². The van der Waals surface area contributed by atoms with E-state index in [9.17, 15) is 9.90 Å². The fourth-order valence-corrected chi connectivity index (χ4v) is 1.81. The highest BCUT2D eigenvalue weighted by Gasteiger charge is 2.20. The van der Waals surface area contributed by atoms with Gasteiger partial charge in [0.15, 0.2) is 5.69 Å². The number of carbonyl (C=O) groups is 1. The Hall–Kier alpha value is -1.73. The van der Waals surface area contributed by atoms with Crippen LogP contribution >= 0.6 is 0 Å². The molecule has 118 valence electrons. The molecule has 0 spiro atoms. The van der Waals surface area contributed by atoms with Crippen molar-refractivity contribution in [2.75, 3.05) is 45.4 Å². The van der Waals surface area contributed by atoms with Crippen molar-refractivity contribution in [2.45, 2.75) is 19.8 Å². The van der Waals surface area contributed by atoms with Gasteiger partial charge >= 0.3 is 5.97 Å². The normalized spacial score (nSPS) is 10.9. The summed E-state index contributed by atoms with van der Waals surface area (Å²) in [6.07, 6.45) is 1.57. The largest absolute Gasteiger partial charge is 0.476 e. The van der Waals surface area contributed by atoms with Crippen LogP contribution in [0, 0.1) is 0 Å². The minimum Gasteiger partial charge on any atom is -0.476 e. The molecule has 1 aromatic heterocycles. The molecule has 0 aliphatic heterocycles. The lowest BCUT2D eigenvalue weighted by atomic mass is 10.2. The van der Waals surface area contributed by atoms with Crippen molar-refractivity contribution in [1.29, 1.82) is 0 Å². The Kier molecular flexibility index (Phi) is 7.04. The average molecular weight is 297 g/mol. The van der Waals surface area contributed by atoms with Crippen molar-refractivity contribution in [3.05, 3.63) is 17.7 Å². The molecule has 0 saturated heterocycles. The van der Waals surface area contributed by atoms with E-state index in [4.69, 9.17) is 9.47 Å². The van der Waals surface area contributed by atoms with Gasteiger partial charge in [0.25, 0.3) is 0 Å². The Balaban J connectivity index is 3.12. The number of aromatic carboxylic acids is 1. The molecule has 0 amide bonds. The third kappa shape index (κ3) is 4.95. The summed E-state index contributed by atoms with van der Waals surface area (Å²) < 4.78 is 10.1. The van der Waals surface area contributed by atoms with Crippen LogP contribution in [0.25, 0.3) is 0 Å². The van der Waals surface area contributed by atoms with Gasteiger partial charge < -0.3 is 19.5 Å². The van der Waals surface area contributed by atoms with Crippen LogP contribution in [0.5, 0.6) is 0 Å². The molecule has 0 aliphatic rings. The SMILES string of the molecule is COCCN(CCOC)c1cnc(C(C)C)nc1C(=O)O. The van der Waals surface area contributed by atoms with Crippen LogP contribution in [0.2, 0.25) is 0 Å². The molecule has 0 fully saturated rings. The Labute approximate surface area is 124 Å². The van der Waals surface area contributed by atoms with Gasteiger partial charge in [-0.05, 0) is 0 Å². The summed E-state index contributed by atoms with van der Waals surface area (Å²) in [4.78, 5) is 21.8. The smallest absolute Gasteiger partial charge is 0.356 e. The predicted molar refractivity (Wildman–Crippen MR) is 79.0 cm³/mol. The summed E-state index contributed by atoms with van der Waals surface area (Å²) in [6.45, 7) is 5.90. The topological polar surface area (TPSA) is 84.8 Å². The Bertz CT molecular complexity index is 458. The molecule has 1 aromatic rings. The third-order valence-corrected chi connectivity index (χ3v) is 2.98. The molecular formula is C14H23N3O4. The number of rotatable bonds is 9. The van der Waals surface area contributed by atoms with Crippen LogP contribution in [0.4, 0.5) is 5.69 Å². The monoisotopic (exact) mass is 297 g/mol. The number of hydrogen-bond acceptors (Lipinski definition) is 6. The molecule has 7 nitrogen and oxygen atoms in total. The Morgan fingerprint density at radius 2 is 1.86 bits per heavy atom. The highest BCUT2D eigenvalue weighted by atomic mass is 16.5. The summed E-state index contributed by atoms with van der Waals surface area (Å²) in [7, 11) is 3.20. The molecule has 1 rings (SSSR count). The first kappa shape index (κ1) is 17.3. The zero-order valence-corrected chi connectivity index (χ0v) is 13.0. The predicted octanol–water partition coefficient (Wildman–Crippen LogP) is 1.40. The Morgan fingerprint density at radius 1 is 1.29 bits per heavy atom. The molecule has 1 N–H and O–H groups in total. The van der Waals surface area contributed by atoms with E-state index >= 15 is 0 Å². The molecule has 7 heteroatoms. The van der Waals surface area contributed by atoms with Gasteiger partial charge in [-0.15, -0.1) is 0 Å². The molecule has 0 unspecified atom stereocenters. The molecular weight excluding hydrogens is 274 g/mol. The number of carboxylic acid groups (broad SMARTS) is 1. The van der Waals surface area contributed by atoms with Crippen LogP contribution in [0.1, 0.15) is 36.1 Å². The van der Waals surface area contributed by atoms with E-state index in [0.717, 1.165) is 0 Å². The first-order valence-corrected chi connectivity index (χ1v) is 6.84. The fraction of sp³-hybridized carbons (Fsp3) is 0.643. The van der Waals surface area contributed by atoms with Gasteiger partial charge in [-0.1, -0.05) is 13.8 Å². The third-order valence-electron chi connectivity index (χ3n) is 2.98. The average Bonchev–Trinajstić information content (AvgIpc) is 2.46. The van der Waals surface area contributed by atoms with E-state index in [2.05, 4.69) is 9.97 Å². The van der Waals surface area contributed by atoms with E-state index in [0.29, 0.717) is 37.8 Å². The van der Waals surface area contributed by atoms with Crippen LogP contribution < -0.4 is 4.90 Å². The van der Waals surface area contributed by atoms with Crippen molar-refractivity contribution in [3.63, 3.8) is 0 Å². The van der Waals surface area contributed by atoms with E-state index in [-0.39, 0.29) is 11.6 Å². The number of hydrogen-bond donors (Lipinski definition) is 1. The quantitative estimate of drug-likeness (QED) is 0.737. The minimum atomic E-state index is -1.06. The maximum Gasteiger partial charge on any atom is 0.356 e. The number of carboxylic acids is 1. The number of methoxy groups -OCH3 is 2. The second kappa shape index (κ2) is 8.53. The van der Waals surface area contributed by atoms with Crippen molar-refractivity contribution >= 4 is 11.7 Å². The molecule has 1 heterocycles. The number of anilines is 1. The van der Waals surface area contributed by atoms with Crippen LogP contribution in [0.15, 0.2) is 6.20 Å². The summed E-state index contributed by atoms with van der Waals surface area (Å²) in [5.41, 5.74) is 0.502. The van der Waals surface area contributed by atoms with Gasteiger partial charge in [0, 0.05) is 33.2 Å². The highest BCUT2D eigenvalue weighted by molar-refractivity contribution is 5.92. The van der Waals surface area contributed by atoms with Crippen LogP contribution in [-0.2, 0) is 9.47 Å². The van der Waals surface area contributed by atoms with Crippen molar-refractivity contribution < 1.29 is 19.4 Å². The molecule has 0 aliphatic carbocycles. The van der Waals surface area contributed by atoms with E-state index in [1.807, 2.05) is 18.7 Å². The molecule has 0 atom stereocenters. The van der Waals surface area contributed by atoms with Gasteiger partial charge in [-0.2, -0.15) is 0 Å². The fourth-order valence-electron chi connectivity index (χ4n) is 1.81. The molecule has 0 radical (unpaired) electrons. The van der Waals surface area contributed by atoms with Gasteiger partial charge in [-0.25, -0.2) is 14.8 Å². The maximum absolute atomic E-state index is 11.5. The highest BCUT2D eigenvalue weighted by Crippen LogP contribution is 2.20. The molecule has 0 bridgehead atoms. The van der Waals surface area contributed by atoms with E-state index in [1.165, 1.54) is 0 Å². The second-order valence-electron chi connectivity index (χ2n) is 4.89. The summed E-state index contributed by atoms with van der Waals surface area (Å²) in [5, 5.41) is 9.39.